The third-order valence-electron chi connectivity index (χ3n) is 4.21. The minimum Gasteiger partial charge on any atom is -0.477 e. The predicted molar refractivity (Wildman–Crippen MR) is 91.7 cm³/mol. The van der Waals surface area contributed by atoms with Gasteiger partial charge in [-0.2, -0.15) is 0 Å². The predicted octanol–water partition coefficient (Wildman–Crippen LogP) is 0.225. The molecule has 2 aliphatic rings. The van der Waals surface area contributed by atoms with Crippen molar-refractivity contribution in [2.45, 2.75) is 17.5 Å². The van der Waals surface area contributed by atoms with E-state index in [1.54, 1.807) is 30.3 Å². The highest BCUT2D eigenvalue weighted by Gasteiger charge is 2.54. The Kier molecular flexibility index (Phi) is 5.05. The second-order valence-electron chi connectivity index (χ2n) is 5.73. The lowest BCUT2D eigenvalue weighted by Gasteiger charge is -2.49. The molecule has 0 aliphatic carbocycles. The number of amides is 2. The van der Waals surface area contributed by atoms with E-state index in [-0.39, 0.29) is 17.0 Å². The monoisotopic (exact) mass is 377 g/mol. The van der Waals surface area contributed by atoms with E-state index in [1.165, 1.54) is 11.8 Å². The second-order valence-corrected chi connectivity index (χ2v) is 6.84. The average molecular weight is 377 g/mol. The number of hydrogen-bond acceptors (Lipinski definition) is 7. The van der Waals surface area contributed by atoms with Gasteiger partial charge in [0.15, 0.2) is 6.04 Å². The van der Waals surface area contributed by atoms with E-state index < -0.39 is 41.8 Å². The van der Waals surface area contributed by atoms with Crippen molar-refractivity contribution in [2.24, 2.45) is 5.18 Å². The number of benzene rings is 1. The molecule has 136 valence electrons. The highest BCUT2D eigenvalue weighted by atomic mass is 32.2. The first-order valence-electron chi connectivity index (χ1n) is 7.68. The number of hydrogen-bond donors (Lipinski definition) is 3. The van der Waals surface area contributed by atoms with Gasteiger partial charge in [-0.1, -0.05) is 35.5 Å². The normalized spacial score (nSPS) is 23.0. The van der Waals surface area contributed by atoms with Crippen molar-refractivity contribution in [3.05, 3.63) is 52.1 Å². The number of nitrogens with zero attached hydrogens (tertiary/aromatic N) is 2. The Labute approximate surface area is 152 Å². The molecule has 0 saturated carbocycles. The Hall–Kier alpha value is -2.72. The Balaban J connectivity index is 1.76. The van der Waals surface area contributed by atoms with Crippen LogP contribution in [0.5, 0.6) is 0 Å². The summed E-state index contributed by atoms with van der Waals surface area (Å²) in [6.07, 6.45) is 0. The number of carboxylic acid groups (broad SMARTS) is 1. The van der Waals surface area contributed by atoms with Crippen molar-refractivity contribution in [1.82, 2.24) is 10.2 Å². The van der Waals surface area contributed by atoms with Gasteiger partial charge in [-0.25, -0.2) is 4.79 Å². The maximum atomic E-state index is 12.4. The molecule has 10 heteroatoms. The van der Waals surface area contributed by atoms with E-state index in [0.717, 1.165) is 4.90 Å². The zero-order chi connectivity index (χ0) is 18.8. The second kappa shape index (κ2) is 7.26. The summed E-state index contributed by atoms with van der Waals surface area (Å²) in [7, 11) is 0. The topological polar surface area (TPSA) is 136 Å². The van der Waals surface area contributed by atoms with Crippen LogP contribution < -0.4 is 5.32 Å². The van der Waals surface area contributed by atoms with E-state index in [0.29, 0.717) is 5.56 Å². The molecule has 1 aromatic carbocycles. The number of carboxylic acids is 1. The number of nitroso groups, excluding NO2 is 1. The van der Waals surface area contributed by atoms with Crippen LogP contribution in [0, 0.1) is 4.91 Å². The molecule has 2 amide bonds. The summed E-state index contributed by atoms with van der Waals surface area (Å²) in [5.74, 6) is -2.41. The first-order chi connectivity index (χ1) is 12.5. The van der Waals surface area contributed by atoms with E-state index in [2.05, 4.69) is 10.5 Å². The van der Waals surface area contributed by atoms with Crippen molar-refractivity contribution in [3.63, 3.8) is 0 Å². The largest absolute Gasteiger partial charge is 0.477 e. The molecular weight excluding hydrogens is 362 g/mol. The van der Waals surface area contributed by atoms with E-state index in [4.69, 9.17) is 0 Å². The lowest BCUT2D eigenvalue weighted by molar-refractivity contribution is -0.151. The van der Waals surface area contributed by atoms with Crippen LogP contribution in [-0.4, -0.2) is 56.7 Å². The number of aliphatic carboxylic acids is 1. The van der Waals surface area contributed by atoms with Crippen LogP contribution in [-0.2, 0) is 14.4 Å². The molecule has 1 saturated heterocycles. The molecule has 0 aromatic heterocycles. The maximum Gasteiger partial charge on any atom is 0.352 e. The molecule has 1 unspecified atom stereocenters. The molecule has 3 N–H and O–H groups in total. The van der Waals surface area contributed by atoms with Crippen LogP contribution >= 0.6 is 11.8 Å². The Morgan fingerprint density at radius 3 is 2.62 bits per heavy atom. The summed E-state index contributed by atoms with van der Waals surface area (Å²) in [5.41, 5.74) is 0.391. The highest BCUT2D eigenvalue weighted by Crippen LogP contribution is 2.40. The number of thioether (sulfide) groups is 1. The first kappa shape index (κ1) is 18.1. The van der Waals surface area contributed by atoms with Gasteiger partial charge in [-0.05, 0) is 11.1 Å². The lowest BCUT2D eigenvalue weighted by Crippen LogP contribution is -2.70. The molecule has 9 nitrogen and oxygen atoms in total. The summed E-state index contributed by atoms with van der Waals surface area (Å²) in [5, 5.41) is 23.3. The van der Waals surface area contributed by atoms with Crippen LogP contribution in [0.15, 0.2) is 46.8 Å². The molecule has 2 aliphatic heterocycles. The van der Waals surface area contributed by atoms with Crippen molar-refractivity contribution in [1.29, 1.82) is 0 Å². The molecule has 0 radical (unpaired) electrons. The average Bonchev–Trinajstić information content (AvgIpc) is 2.66. The fourth-order valence-corrected chi connectivity index (χ4v) is 4.27. The molecule has 0 spiro atoms. The van der Waals surface area contributed by atoms with Gasteiger partial charge in [-0.15, -0.1) is 16.7 Å². The number of β-lactam (4-membered cyclic amide) rings is 1. The molecule has 26 heavy (non-hydrogen) atoms. The molecule has 0 bridgehead atoms. The molecule has 3 atom stereocenters. The Morgan fingerprint density at radius 2 is 2.04 bits per heavy atom. The summed E-state index contributed by atoms with van der Waals surface area (Å²) >= 11 is 1.24. The zero-order valence-corrected chi connectivity index (χ0v) is 14.2. The molecule has 1 aromatic rings. The number of rotatable bonds is 6. The van der Waals surface area contributed by atoms with Gasteiger partial charge in [0, 0.05) is 5.75 Å². The van der Waals surface area contributed by atoms with Crippen LogP contribution in [0.1, 0.15) is 11.6 Å². The fourth-order valence-electron chi connectivity index (χ4n) is 2.93. The third-order valence-corrected chi connectivity index (χ3v) is 5.55. The van der Waals surface area contributed by atoms with Gasteiger partial charge < -0.3 is 15.5 Å². The van der Waals surface area contributed by atoms with Crippen LogP contribution in [0.2, 0.25) is 0 Å². The first-order valence-corrected chi connectivity index (χ1v) is 8.73. The molecule has 2 heterocycles. The molecule has 1 fully saturated rings. The Morgan fingerprint density at radius 1 is 1.35 bits per heavy atom. The smallest absolute Gasteiger partial charge is 0.352 e. The van der Waals surface area contributed by atoms with Crippen LogP contribution in [0.3, 0.4) is 0 Å². The summed E-state index contributed by atoms with van der Waals surface area (Å²) < 4.78 is 0. The van der Waals surface area contributed by atoms with E-state index in [1.807, 2.05) is 0 Å². The number of carbonyl (C=O) groups is 3. The lowest BCUT2D eigenvalue weighted by atomic mass is 10.0. The molecule has 3 rings (SSSR count). The Bertz CT molecular complexity index is 796. The van der Waals surface area contributed by atoms with Gasteiger partial charge in [0.05, 0.1) is 6.61 Å². The van der Waals surface area contributed by atoms with Crippen molar-refractivity contribution in [2.75, 3.05) is 12.4 Å². The maximum absolute atomic E-state index is 12.4. The minimum atomic E-state index is -1.31. The number of aliphatic hydroxyl groups excluding tert-OH is 1. The SMILES string of the molecule is O=NC(C(=O)N[C@@H]1C(=O)N2C(C(=O)O)=C(CO)CS[C@@H]12)c1ccccc1. The van der Waals surface area contributed by atoms with Crippen LogP contribution in [0.4, 0.5) is 0 Å². The van der Waals surface area contributed by atoms with E-state index in [9.17, 15) is 29.5 Å². The minimum absolute atomic E-state index is 0.229. The summed E-state index contributed by atoms with van der Waals surface area (Å²) in [6.45, 7) is -0.465. The van der Waals surface area contributed by atoms with Gasteiger partial charge >= 0.3 is 5.97 Å². The number of nitrogens with one attached hydrogen (secondary N) is 1. The van der Waals surface area contributed by atoms with Gasteiger partial charge in [0.2, 0.25) is 0 Å². The number of aliphatic hydroxyl groups is 1. The van der Waals surface area contributed by atoms with Crippen molar-refractivity contribution >= 4 is 29.5 Å². The number of fused-ring (bicyclic) bond motifs is 1. The van der Waals surface area contributed by atoms with Crippen molar-refractivity contribution < 1.29 is 24.6 Å². The van der Waals surface area contributed by atoms with Gasteiger partial charge in [-0.3, -0.25) is 14.5 Å². The summed E-state index contributed by atoms with van der Waals surface area (Å²) in [4.78, 5) is 48.3. The van der Waals surface area contributed by atoms with Crippen LogP contribution in [0.25, 0.3) is 0 Å². The standard InChI is InChI=1S/C16H15N3O6S/c20-6-9-7-26-15-11(14(22)19(15)12(9)16(23)24)17-13(21)10(18-25)8-4-2-1-3-5-8/h1-5,10-11,15,20H,6-7H2,(H,17,21)(H,23,24)/t10?,11-,15+/m1/s1. The highest BCUT2D eigenvalue weighted by molar-refractivity contribution is 8.00. The third kappa shape index (κ3) is 2.97. The zero-order valence-electron chi connectivity index (χ0n) is 13.4. The van der Waals surface area contributed by atoms with Crippen molar-refractivity contribution in [3.8, 4) is 0 Å². The number of carbonyl (C=O) groups excluding carboxylic acids is 2. The summed E-state index contributed by atoms with van der Waals surface area (Å²) in [6, 6.07) is 5.96. The quantitative estimate of drug-likeness (QED) is 0.477. The van der Waals surface area contributed by atoms with Gasteiger partial charge in [0.25, 0.3) is 11.8 Å². The molecular formula is C16H15N3O6S. The van der Waals surface area contributed by atoms with E-state index >= 15 is 0 Å². The van der Waals surface area contributed by atoms with Gasteiger partial charge in [0.1, 0.15) is 17.1 Å². The fraction of sp³-hybridized carbons (Fsp3) is 0.312.